The van der Waals surface area contributed by atoms with E-state index in [1.165, 1.54) is 6.92 Å². The molecule has 0 radical (unpaired) electrons. The van der Waals surface area contributed by atoms with Gasteiger partial charge in [-0.3, -0.25) is 9.59 Å². The van der Waals surface area contributed by atoms with Gasteiger partial charge in [-0.15, -0.1) is 0 Å². The Kier molecular flexibility index (Phi) is 13.0. The van der Waals surface area contributed by atoms with Gasteiger partial charge in [0.1, 0.15) is 12.2 Å². The number of aliphatic carboxylic acids is 3. The van der Waals surface area contributed by atoms with Crippen LogP contribution in [0.5, 0.6) is 0 Å². The Labute approximate surface area is 289 Å². The molecule has 3 rings (SSSR count). The summed E-state index contributed by atoms with van der Waals surface area (Å²) >= 11 is 0. The van der Waals surface area contributed by atoms with Crippen LogP contribution in [0.2, 0.25) is 0 Å². The fourth-order valence-corrected chi connectivity index (χ4v) is 6.82. The molecule has 0 saturated carbocycles. The van der Waals surface area contributed by atoms with Gasteiger partial charge >= 0.3 is 29.8 Å². The molecule has 2 bridgehead atoms. The van der Waals surface area contributed by atoms with E-state index in [-0.39, 0.29) is 23.8 Å². The normalized spacial score (nSPS) is 30.3. The second kappa shape index (κ2) is 16.0. The van der Waals surface area contributed by atoms with Gasteiger partial charge in [0.15, 0.2) is 6.10 Å². The van der Waals surface area contributed by atoms with Gasteiger partial charge in [-0.1, -0.05) is 71.0 Å². The summed E-state index contributed by atoms with van der Waals surface area (Å²) in [7, 11) is 0. The highest BCUT2D eigenvalue weighted by Crippen LogP contribution is 2.56. The van der Waals surface area contributed by atoms with Crippen LogP contribution in [0.25, 0.3) is 0 Å². The standard InChI is InChI=1S/C35H48O15/c1-7-18(2)15-20(4)24(37)17-25(38)48-28-27(39)33(49-29(30(40)41)34(46,31(42)43)35(28,50-33)32(44)45)14-13-19(3)26(47-22(6)36)21(5)16-23-11-9-8-10-12-23/h8-12,18,20-21,24,26-29,37,39,46H,3,7,13-17H2,1-2,4-6H3,(H,40,41)(H,42,43)(H,44,45)/t18-,20+,21-,24-,26-,27-,28-,29-,33+,34-,35+/m1/s1. The summed E-state index contributed by atoms with van der Waals surface area (Å²) in [5.74, 6) is -12.0. The predicted molar refractivity (Wildman–Crippen MR) is 172 cm³/mol. The molecular formula is C35H48O15. The molecule has 2 heterocycles. The van der Waals surface area contributed by atoms with Gasteiger partial charge in [0.2, 0.25) is 23.1 Å². The average molecular weight is 709 g/mol. The van der Waals surface area contributed by atoms with Gasteiger partial charge < -0.3 is 49.6 Å². The van der Waals surface area contributed by atoms with E-state index >= 15 is 0 Å². The summed E-state index contributed by atoms with van der Waals surface area (Å²) in [6.07, 6.45) is -9.82. The van der Waals surface area contributed by atoms with E-state index in [1.807, 2.05) is 44.2 Å². The number of carbonyl (C=O) groups excluding carboxylic acids is 2. The van der Waals surface area contributed by atoms with Crippen molar-refractivity contribution in [3.63, 3.8) is 0 Å². The topological polar surface area (TPSA) is 244 Å². The number of benzene rings is 1. The minimum atomic E-state index is -3.94. The minimum absolute atomic E-state index is 0.197. The van der Waals surface area contributed by atoms with Crippen LogP contribution in [-0.2, 0) is 49.3 Å². The highest BCUT2D eigenvalue weighted by atomic mass is 16.8. The minimum Gasteiger partial charge on any atom is -0.479 e. The fourth-order valence-electron chi connectivity index (χ4n) is 6.82. The number of ether oxygens (including phenoxy) is 4. The van der Waals surface area contributed by atoms with Crippen LogP contribution in [0.3, 0.4) is 0 Å². The Morgan fingerprint density at radius 1 is 1.00 bits per heavy atom. The molecule has 2 aliphatic rings. The third-order valence-corrected chi connectivity index (χ3v) is 9.77. The summed E-state index contributed by atoms with van der Waals surface area (Å²) in [5, 5.41) is 64.3. The maximum atomic E-state index is 13.2. The van der Waals surface area contributed by atoms with Gasteiger partial charge in [0, 0.05) is 19.3 Å². The lowest BCUT2D eigenvalue weighted by atomic mass is 9.74. The number of hydrogen-bond donors (Lipinski definition) is 6. The van der Waals surface area contributed by atoms with Gasteiger partial charge in [-0.25, -0.2) is 14.4 Å². The Bertz CT molecular complexity index is 1430. The third kappa shape index (κ3) is 7.86. The van der Waals surface area contributed by atoms with Crippen molar-refractivity contribution in [3.05, 3.63) is 48.0 Å². The quantitative estimate of drug-likeness (QED) is 0.0944. The monoisotopic (exact) mass is 708 g/mol. The number of esters is 2. The molecule has 15 heteroatoms. The van der Waals surface area contributed by atoms with Gasteiger partial charge in [-0.2, -0.15) is 0 Å². The summed E-state index contributed by atoms with van der Waals surface area (Å²) in [4.78, 5) is 63.2. The molecule has 0 aliphatic carbocycles. The van der Waals surface area contributed by atoms with E-state index in [0.717, 1.165) is 12.0 Å². The van der Waals surface area contributed by atoms with Crippen LogP contribution in [0.1, 0.15) is 72.3 Å². The fraction of sp³-hybridized carbons (Fsp3) is 0.629. The van der Waals surface area contributed by atoms with Crippen molar-refractivity contribution in [1.29, 1.82) is 0 Å². The van der Waals surface area contributed by atoms with E-state index in [2.05, 4.69) is 6.58 Å². The first-order valence-corrected chi connectivity index (χ1v) is 16.5. The molecule has 1 aromatic carbocycles. The van der Waals surface area contributed by atoms with Crippen LogP contribution in [-0.4, -0.2) is 108 Å². The average Bonchev–Trinajstić information content (AvgIpc) is 3.25. The molecular weight excluding hydrogens is 660 g/mol. The zero-order valence-corrected chi connectivity index (χ0v) is 28.8. The van der Waals surface area contributed by atoms with Crippen molar-refractivity contribution < 1.29 is 73.6 Å². The van der Waals surface area contributed by atoms with E-state index in [1.54, 1.807) is 13.8 Å². The maximum absolute atomic E-state index is 13.2. The first-order chi connectivity index (χ1) is 23.3. The van der Waals surface area contributed by atoms with Crippen LogP contribution >= 0.6 is 0 Å². The molecule has 11 atom stereocenters. The lowest BCUT2D eigenvalue weighted by Gasteiger charge is -2.48. The number of fused-ring (bicyclic) bond motifs is 2. The number of carbonyl (C=O) groups is 5. The van der Waals surface area contributed by atoms with Crippen molar-refractivity contribution in [1.82, 2.24) is 0 Å². The molecule has 2 aliphatic heterocycles. The Morgan fingerprint density at radius 3 is 2.14 bits per heavy atom. The molecule has 0 unspecified atom stereocenters. The van der Waals surface area contributed by atoms with E-state index in [9.17, 15) is 54.6 Å². The molecule has 2 fully saturated rings. The number of hydrogen-bond acceptors (Lipinski definition) is 12. The predicted octanol–water partition coefficient (Wildman–Crippen LogP) is 2.08. The number of aliphatic hydroxyl groups excluding tert-OH is 2. The summed E-state index contributed by atoms with van der Waals surface area (Å²) < 4.78 is 22.0. The van der Waals surface area contributed by atoms with Crippen molar-refractivity contribution >= 4 is 29.8 Å². The molecule has 1 aromatic rings. The largest absolute Gasteiger partial charge is 0.479 e. The highest BCUT2D eigenvalue weighted by molar-refractivity contribution is 5.98. The molecule has 0 amide bonds. The Morgan fingerprint density at radius 2 is 1.62 bits per heavy atom. The third-order valence-electron chi connectivity index (χ3n) is 9.77. The Hall–Kier alpha value is -3.89. The second-order valence-corrected chi connectivity index (χ2v) is 13.6. The lowest BCUT2D eigenvalue weighted by molar-refractivity contribution is -0.374. The summed E-state index contributed by atoms with van der Waals surface area (Å²) in [6, 6.07) is 9.24. The van der Waals surface area contributed by atoms with Crippen LogP contribution in [0, 0.1) is 17.8 Å². The van der Waals surface area contributed by atoms with Gasteiger partial charge in [0.25, 0.3) is 0 Å². The van der Waals surface area contributed by atoms with Crippen LogP contribution in [0.15, 0.2) is 42.5 Å². The van der Waals surface area contributed by atoms with Crippen molar-refractivity contribution in [2.75, 3.05) is 0 Å². The molecule has 6 N–H and O–H groups in total. The zero-order valence-electron chi connectivity index (χ0n) is 28.8. The molecule has 15 nitrogen and oxygen atoms in total. The van der Waals surface area contributed by atoms with Crippen molar-refractivity contribution in [2.24, 2.45) is 17.8 Å². The molecule has 50 heavy (non-hydrogen) atoms. The van der Waals surface area contributed by atoms with E-state index in [0.29, 0.717) is 12.8 Å². The van der Waals surface area contributed by atoms with E-state index in [4.69, 9.17) is 18.9 Å². The van der Waals surface area contributed by atoms with Crippen molar-refractivity contribution in [3.8, 4) is 0 Å². The van der Waals surface area contributed by atoms with Crippen LogP contribution < -0.4 is 0 Å². The number of aliphatic hydroxyl groups is 3. The molecule has 278 valence electrons. The number of carboxylic acids is 3. The number of rotatable bonds is 18. The highest BCUT2D eigenvalue weighted by Gasteiger charge is 2.85. The van der Waals surface area contributed by atoms with E-state index < -0.39 is 96.1 Å². The van der Waals surface area contributed by atoms with Crippen LogP contribution in [0.4, 0.5) is 0 Å². The van der Waals surface area contributed by atoms with Gasteiger partial charge in [-0.05, 0) is 42.2 Å². The zero-order chi connectivity index (χ0) is 37.8. The molecule has 0 aromatic heterocycles. The second-order valence-electron chi connectivity index (χ2n) is 13.6. The SMILES string of the molecule is C=C(CC[C@]12O[C@H](C(=O)O)[C@@](O)(C(=O)O)[C@](C(=O)O)(O1)[C@H](OC(=O)C[C@@H](O)[C@@H](C)C[C@H](C)CC)[C@H]2O)[C@@H](OC(C)=O)[C@H](C)Cc1ccccc1. The molecule has 2 saturated heterocycles. The summed E-state index contributed by atoms with van der Waals surface area (Å²) in [6.45, 7) is 12.6. The first kappa shape index (κ1) is 40.5. The van der Waals surface area contributed by atoms with Crippen molar-refractivity contribution in [2.45, 2.75) is 121 Å². The Balaban J connectivity index is 2.00. The molecule has 0 spiro atoms. The maximum Gasteiger partial charge on any atom is 0.344 e. The lowest BCUT2D eigenvalue weighted by Crippen LogP contribution is -2.78. The first-order valence-electron chi connectivity index (χ1n) is 16.5. The van der Waals surface area contributed by atoms with Gasteiger partial charge in [0.05, 0.1) is 12.5 Å². The summed E-state index contributed by atoms with van der Waals surface area (Å²) in [5.41, 5.74) is -6.41. The number of carboxylic acid groups (broad SMARTS) is 3. The smallest absolute Gasteiger partial charge is 0.344 e.